The lowest BCUT2D eigenvalue weighted by atomic mass is 9.91. The molecular weight excluding hydrogens is 743 g/mol. The monoisotopic (exact) mass is 779 g/mol. The summed E-state index contributed by atoms with van der Waals surface area (Å²) < 4.78 is 2.36. The molecule has 0 bridgehead atoms. The maximum Gasteiger partial charge on any atom is 0.164 e. The van der Waals surface area contributed by atoms with E-state index in [0.29, 0.717) is 17.5 Å². The molecule has 0 amide bonds. The molecule has 0 radical (unpaired) electrons. The zero-order valence-electron chi connectivity index (χ0n) is 33.2. The topological polar surface area (TPSA) is 56.5 Å². The van der Waals surface area contributed by atoms with Crippen molar-refractivity contribution < 1.29 is 0 Å². The molecule has 0 aliphatic carbocycles. The number of fused-ring (bicyclic) bond motifs is 9. The van der Waals surface area contributed by atoms with Crippen molar-refractivity contribution in [2.75, 3.05) is 0 Å². The Hall–Kier alpha value is -8.28. The first-order valence-electron chi connectivity index (χ1n) is 20.4. The molecule has 0 spiro atoms. The number of allylic oxidation sites excluding steroid dienone is 4. The van der Waals surface area contributed by atoms with E-state index < -0.39 is 0 Å². The van der Waals surface area contributed by atoms with Crippen molar-refractivity contribution >= 4 is 65.8 Å². The van der Waals surface area contributed by atoms with Crippen molar-refractivity contribution in [2.45, 2.75) is 0 Å². The molecule has 3 heterocycles. The van der Waals surface area contributed by atoms with Crippen LogP contribution in [0.3, 0.4) is 0 Å². The fraction of sp³-hybridized carbons (Fsp3) is 0. The van der Waals surface area contributed by atoms with E-state index in [4.69, 9.17) is 15.0 Å². The first kappa shape index (κ1) is 35.8. The van der Waals surface area contributed by atoms with Gasteiger partial charge < -0.3 is 4.57 Å². The summed E-state index contributed by atoms with van der Waals surface area (Å²) in [5.74, 6) is 1.77. The highest BCUT2D eigenvalue weighted by molar-refractivity contribution is 6.26. The van der Waals surface area contributed by atoms with Crippen LogP contribution in [-0.4, -0.2) is 24.5 Å². The van der Waals surface area contributed by atoms with Crippen molar-refractivity contribution in [1.82, 2.24) is 24.5 Å². The molecule has 0 saturated heterocycles. The average molecular weight is 780 g/mol. The smallest absolute Gasteiger partial charge is 0.164 e. The number of para-hydroxylation sites is 2. The van der Waals surface area contributed by atoms with Gasteiger partial charge in [0.2, 0.25) is 0 Å². The second-order valence-electron chi connectivity index (χ2n) is 15.1. The molecule has 3 aromatic heterocycles. The maximum atomic E-state index is 5.05. The molecule has 0 fully saturated rings. The van der Waals surface area contributed by atoms with E-state index >= 15 is 0 Å². The van der Waals surface area contributed by atoms with Gasteiger partial charge in [-0.2, -0.15) is 0 Å². The summed E-state index contributed by atoms with van der Waals surface area (Å²) >= 11 is 0. The summed E-state index contributed by atoms with van der Waals surface area (Å²) in [6.45, 7) is 3.93. The average Bonchev–Trinajstić information content (AvgIpc) is 3.67. The van der Waals surface area contributed by atoms with Crippen LogP contribution in [0.5, 0.6) is 0 Å². The Morgan fingerprint density at radius 2 is 1.03 bits per heavy atom. The van der Waals surface area contributed by atoms with E-state index in [0.717, 1.165) is 33.3 Å². The van der Waals surface area contributed by atoms with Gasteiger partial charge in [-0.1, -0.05) is 152 Å². The standard InChI is InChI=1S/C56H37N5/c1-2-14-37(42-17-13-32-57-36-42)27-31-54-58-55(38-15-5-3-6-16-38)60-56(59-54)41-25-29-47-46-28-24-39(33-49(46)44-20-9-10-21-45(44)50(47)35-41)40-26-30-53-51(34-40)48-22-11-12-23-52(48)61(53)43-18-7-4-8-19-43/h2-36H,1H2/b31-27+,37-14+. The highest BCUT2D eigenvalue weighted by Gasteiger charge is 2.16. The minimum Gasteiger partial charge on any atom is -0.309 e. The first-order valence-corrected chi connectivity index (χ1v) is 20.4. The molecule has 0 saturated carbocycles. The van der Waals surface area contributed by atoms with Crippen molar-refractivity contribution in [2.24, 2.45) is 0 Å². The highest BCUT2D eigenvalue weighted by Crippen LogP contribution is 2.40. The third-order valence-corrected chi connectivity index (χ3v) is 11.5. The number of rotatable bonds is 8. The van der Waals surface area contributed by atoms with E-state index in [-0.39, 0.29) is 0 Å². The van der Waals surface area contributed by atoms with Gasteiger partial charge in [0.25, 0.3) is 0 Å². The van der Waals surface area contributed by atoms with Crippen molar-refractivity contribution in [3.63, 3.8) is 0 Å². The van der Waals surface area contributed by atoms with Gasteiger partial charge in [0, 0.05) is 40.0 Å². The van der Waals surface area contributed by atoms with E-state index in [1.165, 1.54) is 59.9 Å². The van der Waals surface area contributed by atoms with Crippen LogP contribution in [0.25, 0.3) is 105 Å². The SMILES string of the molecule is C=C/C=C(\C=C\c1nc(-c2ccccc2)nc(-c2ccc3c4ccc(-c5ccc6c(c5)c5ccccc5n6-c5ccccc5)cc4c4ccccc4c3c2)n1)c1cccnc1. The number of aromatic nitrogens is 5. The third kappa shape index (κ3) is 6.46. The van der Waals surface area contributed by atoms with E-state index in [1.54, 1.807) is 12.3 Å². The lowest BCUT2D eigenvalue weighted by molar-refractivity contribution is 1.05. The second kappa shape index (κ2) is 15.1. The minimum absolute atomic E-state index is 0.557. The normalized spacial score (nSPS) is 12.0. The van der Waals surface area contributed by atoms with Crippen molar-refractivity contribution in [3.8, 4) is 39.6 Å². The maximum absolute atomic E-state index is 5.05. The lowest BCUT2D eigenvalue weighted by Crippen LogP contribution is -2.00. The zero-order chi connectivity index (χ0) is 40.7. The number of hydrogen-bond acceptors (Lipinski definition) is 4. The van der Waals surface area contributed by atoms with Crippen LogP contribution in [0, 0.1) is 0 Å². The molecule has 0 aliphatic heterocycles. The molecule has 0 aliphatic rings. The van der Waals surface area contributed by atoms with Gasteiger partial charge in [0.05, 0.1) is 11.0 Å². The number of benzene rings is 8. The summed E-state index contributed by atoms with van der Waals surface area (Å²) in [7, 11) is 0. The summed E-state index contributed by atoms with van der Waals surface area (Å²) in [6.07, 6.45) is 11.3. The fourth-order valence-electron chi connectivity index (χ4n) is 8.67. The molecule has 8 aromatic carbocycles. The summed E-state index contributed by atoms with van der Waals surface area (Å²) in [5, 5.41) is 9.61. The molecular formula is C56H37N5. The largest absolute Gasteiger partial charge is 0.309 e. The Morgan fingerprint density at radius 1 is 0.459 bits per heavy atom. The van der Waals surface area contributed by atoms with Crippen LogP contribution in [0.15, 0.2) is 213 Å². The minimum atomic E-state index is 0.557. The molecule has 286 valence electrons. The molecule has 11 rings (SSSR count). The number of nitrogens with zero attached hydrogens (tertiary/aromatic N) is 5. The van der Waals surface area contributed by atoms with Gasteiger partial charge in [0.15, 0.2) is 17.5 Å². The first-order chi connectivity index (χ1) is 30.2. The number of pyridine rings is 1. The summed E-state index contributed by atoms with van der Waals surface area (Å²) in [4.78, 5) is 19.3. The van der Waals surface area contributed by atoms with Gasteiger partial charge in [-0.3, -0.25) is 4.98 Å². The van der Waals surface area contributed by atoms with E-state index in [2.05, 4.69) is 150 Å². The van der Waals surface area contributed by atoms with Gasteiger partial charge >= 0.3 is 0 Å². The fourth-order valence-corrected chi connectivity index (χ4v) is 8.67. The van der Waals surface area contributed by atoms with Gasteiger partial charge in [0.1, 0.15) is 0 Å². The molecule has 0 N–H and O–H groups in total. The predicted octanol–water partition coefficient (Wildman–Crippen LogP) is 14.1. The van der Waals surface area contributed by atoms with Crippen LogP contribution < -0.4 is 0 Å². The Bertz CT molecular complexity index is 3510. The zero-order valence-corrected chi connectivity index (χ0v) is 33.2. The Morgan fingerprint density at radius 3 is 1.74 bits per heavy atom. The molecule has 0 atom stereocenters. The number of hydrogen-bond donors (Lipinski definition) is 0. The molecule has 5 heteroatoms. The van der Waals surface area contributed by atoms with Crippen molar-refractivity contribution in [1.29, 1.82) is 0 Å². The van der Waals surface area contributed by atoms with Crippen LogP contribution >= 0.6 is 0 Å². The van der Waals surface area contributed by atoms with Gasteiger partial charge in [-0.25, -0.2) is 15.0 Å². The van der Waals surface area contributed by atoms with Gasteiger partial charge in [-0.15, -0.1) is 0 Å². The highest BCUT2D eigenvalue weighted by atomic mass is 15.0. The van der Waals surface area contributed by atoms with E-state index in [9.17, 15) is 0 Å². The van der Waals surface area contributed by atoms with Crippen molar-refractivity contribution in [3.05, 3.63) is 225 Å². The Labute approximate surface area is 353 Å². The lowest BCUT2D eigenvalue weighted by Gasteiger charge is -2.14. The van der Waals surface area contributed by atoms with Crippen LogP contribution in [0.1, 0.15) is 11.4 Å². The summed E-state index contributed by atoms with van der Waals surface area (Å²) in [6, 6.07) is 62.4. The van der Waals surface area contributed by atoms with Crippen LogP contribution in [0.2, 0.25) is 0 Å². The molecule has 11 aromatic rings. The molecule has 0 unspecified atom stereocenters. The van der Waals surface area contributed by atoms with Crippen LogP contribution in [0.4, 0.5) is 0 Å². The van der Waals surface area contributed by atoms with Crippen LogP contribution in [-0.2, 0) is 0 Å². The Kier molecular flexibility index (Phi) is 8.90. The third-order valence-electron chi connectivity index (χ3n) is 11.5. The Balaban J connectivity index is 1.04. The van der Waals surface area contributed by atoms with Gasteiger partial charge in [-0.05, 0) is 109 Å². The van der Waals surface area contributed by atoms with E-state index in [1.807, 2.05) is 66.9 Å². The second-order valence-corrected chi connectivity index (χ2v) is 15.1. The summed E-state index contributed by atoms with van der Waals surface area (Å²) in [5.41, 5.74) is 9.69. The quantitative estimate of drug-likeness (QED) is 0.114. The predicted molar refractivity (Wildman–Crippen MR) is 254 cm³/mol. The molecule has 5 nitrogen and oxygen atoms in total. The molecule has 61 heavy (non-hydrogen) atoms.